The molecular formula is C27H23Cl3O6. The van der Waals surface area contributed by atoms with E-state index in [1.807, 2.05) is 54.6 Å². The minimum atomic E-state index is -0.737. The van der Waals surface area contributed by atoms with Crippen molar-refractivity contribution in [3.05, 3.63) is 105 Å². The van der Waals surface area contributed by atoms with Crippen molar-refractivity contribution in [1.82, 2.24) is 0 Å². The van der Waals surface area contributed by atoms with Crippen molar-refractivity contribution in [3.8, 4) is 0 Å². The van der Waals surface area contributed by atoms with E-state index in [4.69, 9.17) is 63.2 Å². The first-order valence-corrected chi connectivity index (χ1v) is 12.8. The molecule has 3 saturated heterocycles. The van der Waals surface area contributed by atoms with Gasteiger partial charge in [-0.3, -0.25) is 0 Å². The van der Waals surface area contributed by atoms with Crippen LogP contribution in [0.25, 0.3) is 0 Å². The van der Waals surface area contributed by atoms with E-state index in [1.165, 1.54) is 0 Å². The second-order valence-corrected chi connectivity index (χ2v) is 10.00. The van der Waals surface area contributed by atoms with Crippen molar-refractivity contribution in [2.75, 3.05) is 13.2 Å². The second kappa shape index (κ2) is 10.6. The highest BCUT2D eigenvalue weighted by molar-refractivity contribution is 6.32. The third kappa shape index (κ3) is 4.78. The molecule has 6 nitrogen and oxygen atoms in total. The first kappa shape index (κ1) is 24.6. The summed E-state index contributed by atoms with van der Waals surface area (Å²) in [6.07, 6.45) is -4.34. The number of ether oxygens (including phenoxy) is 6. The summed E-state index contributed by atoms with van der Waals surface area (Å²) < 4.78 is 38.2. The Morgan fingerprint density at radius 1 is 0.472 bits per heavy atom. The molecule has 0 amide bonds. The van der Waals surface area contributed by atoms with E-state index < -0.39 is 43.3 Å². The van der Waals surface area contributed by atoms with Gasteiger partial charge in [0.15, 0.2) is 18.9 Å². The number of hydrogen-bond donors (Lipinski definition) is 0. The summed E-state index contributed by atoms with van der Waals surface area (Å²) in [6, 6.07) is 22.3. The molecule has 9 heteroatoms. The van der Waals surface area contributed by atoms with Crippen LogP contribution in [0.1, 0.15) is 35.6 Å². The molecule has 3 aromatic rings. The highest BCUT2D eigenvalue weighted by Crippen LogP contribution is 2.44. The van der Waals surface area contributed by atoms with E-state index in [-0.39, 0.29) is 13.2 Å². The van der Waals surface area contributed by atoms with Gasteiger partial charge in [0.2, 0.25) is 0 Å². The van der Waals surface area contributed by atoms with Crippen molar-refractivity contribution in [2.24, 2.45) is 0 Å². The molecule has 3 aromatic carbocycles. The molecule has 6 rings (SSSR count). The SMILES string of the molecule is Clc1ccccc1C1OC[C@@H]2OC(c3ccccc3Cl)OC[C@H]3OC(c4ccccc4Cl)O[C@@H]2[C@H]3O1. The average Bonchev–Trinajstić information content (AvgIpc) is 3.08. The summed E-state index contributed by atoms with van der Waals surface area (Å²) in [6.45, 7) is 0.340. The van der Waals surface area contributed by atoms with Gasteiger partial charge in [-0.25, -0.2) is 0 Å². The molecule has 36 heavy (non-hydrogen) atoms. The normalized spacial score (nSPS) is 32.2. The standard InChI is InChI=1S/C27H23Cl3O6/c28-18-10-4-1-7-15(18)25-31-14-22-23-24(36-27(34-22)17-9-3-6-12-20(17)30)21(33-25)13-32-26(35-23)16-8-2-5-11-19(16)29/h1-12,21-27H,13-14H2/t21-,22+,23-,24-,25?,26?,27?/m0/s1. The van der Waals surface area contributed by atoms with Gasteiger partial charge in [0, 0.05) is 31.8 Å². The van der Waals surface area contributed by atoms with Crippen LogP contribution in [0.5, 0.6) is 0 Å². The molecule has 0 spiro atoms. The average molecular weight is 550 g/mol. The van der Waals surface area contributed by atoms with E-state index in [1.54, 1.807) is 18.2 Å². The third-order valence-electron chi connectivity index (χ3n) is 6.52. The van der Waals surface area contributed by atoms with Crippen LogP contribution >= 0.6 is 34.8 Å². The van der Waals surface area contributed by atoms with Crippen LogP contribution in [-0.2, 0) is 28.4 Å². The monoisotopic (exact) mass is 548 g/mol. The van der Waals surface area contributed by atoms with Gasteiger partial charge in [-0.15, -0.1) is 0 Å². The maximum Gasteiger partial charge on any atom is 0.186 e. The summed E-state index contributed by atoms with van der Waals surface area (Å²) in [5, 5.41) is 1.63. The van der Waals surface area contributed by atoms with Crippen molar-refractivity contribution >= 4 is 34.8 Å². The summed E-state index contributed by atoms with van der Waals surface area (Å²) in [4.78, 5) is 0. The molecule has 188 valence electrons. The predicted molar refractivity (Wildman–Crippen MR) is 134 cm³/mol. The Morgan fingerprint density at radius 2 is 0.833 bits per heavy atom. The largest absolute Gasteiger partial charge is 0.346 e. The molecule has 0 saturated carbocycles. The molecule has 3 unspecified atom stereocenters. The van der Waals surface area contributed by atoms with Crippen LogP contribution in [0.3, 0.4) is 0 Å². The Labute approximate surface area is 223 Å². The maximum absolute atomic E-state index is 6.48. The van der Waals surface area contributed by atoms with Gasteiger partial charge in [0.25, 0.3) is 0 Å². The highest BCUT2D eigenvalue weighted by Gasteiger charge is 2.51. The summed E-state index contributed by atoms with van der Waals surface area (Å²) in [5.74, 6) is 0. The van der Waals surface area contributed by atoms with Crippen molar-refractivity contribution in [2.45, 2.75) is 43.3 Å². The molecule has 0 aliphatic carbocycles. The lowest BCUT2D eigenvalue weighted by Crippen LogP contribution is -2.57. The number of hydrogen-bond acceptors (Lipinski definition) is 6. The molecule has 7 atom stereocenters. The van der Waals surface area contributed by atoms with Gasteiger partial charge in [-0.1, -0.05) is 89.4 Å². The van der Waals surface area contributed by atoms with Gasteiger partial charge < -0.3 is 28.4 Å². The number of rotatable bonds is 3. The van der Waals surface area contributed by atoms with Crippen LogP contribution < -0.4 is 0 Å². The molecule has 4 bridgehead atoms. The quantitative estimate of drug-likeness (QED) is 0.364. The lowest BCUT2D eigenvalue weighted by Gasteiger charge is -2.45. The molecule has 0 radical (unpaired) electrons. The van der Waals surface area contributed by atoms with Gasteiger partial charge in [-0.2, -0.15) is 0 Å². The van der Waals surface area contributed by atoms with Crippen molar-refractivity contribution in [3.63, 3.8) is 0 Å². The number of halogens is 3. The Kier molecular flexibility index (Phi) is 7.23. The van der Waals surface area contributed by atoms with Gasteiger partial charge >= 0.3 is 0 Å². The van der Waals surface area contributed by atoms with E-state index in [0.717, 1.165) is 5.56 Å². The van der Waals surface area contributed by atoms with Crippen LogP contribution in [0.4, 0.5) is 0 Å². The molecular weight excluding hydrogens is 527 g/mol. The minimum Gasteiger partial charge on any atom is -0.346 e. The van der Waals surface area contributed by atoms with Gasteiger partial charge in [0.1, 0.15) is 24.4 Å². The Morgan fingerprint density at radius 3 is 1.31 bits per heavy atom. The molecule has 0 N–H and O–H groups in total. The third-order valence-corrected chi connectivity index (χ3v) is 7.55. The van der Waals surface area contributed by atoms with E-state index in [2.05, 4.69) is 0 Å². The second-order valence-electron chi connectivity index (χ2n) is 8.78. The zero-order valence-corrected chi connectivity index (χ0v) is 21.2. The molecule has 3 aliphatic rings. The van der Waals surface area contributed by atoms with Crippen molar-refractivity contribution in [1.29, 1.82) is 0 Å². The first-order chi connectivity index (χ1) is 17.6. The van der Waals surface area contributed by atoms with Gasteiger partial charge in [-0.05, 0) is 18.2 Å². The van der Waals surface area contributed by atoms with E-state index in [0.29, 0.717) is 26.2 Å². The first-order valence-electron chi connectivity index (χ1n) is 11.7. The lowest BCUT2D eigenvalue weighted by molar-refractivity contribution is -0.354. The fourth-order valence-electron chi connectivity index (χ4n) is 4.73. The van der Waals surface area contributed by atoms with Crippen LogP contribution in [-0.4, -0.2) is 37.6 Å². The van der Waals surface area contributed by atoms with Gasteiger partial charge in [0.05, 0.1) is 13.2 Å². The fraction of sp³-hybridized carbons (Fsp3) is 0.333. The Balaban J connectivity index is 1.36. The smallest absolute Gasteiger partial charge is 0.186 e. The predicted octanol–water partition coefficient (Wildman–Crippen LogP) is 6.66. The van der Waals surface area contributed by atoms with E-state index in [9.17, 15) is 0 Å². The molecule has 3 fully saturated rings. The van der Waals surface area contributed by atoms with E-state index >= 15 is 0 Å². The summed E-state index contributed by atoms with van der Waals surface area (Å²) >= 11 is 19.4. The zero-order chi connectivity index (χ0) is 24.6. The highest BCUT2D eigenvalue weighted by atomic mass is 35.5. The minimum absolute atomic E-state index is 0.170. The topological polar surface area (TPSA) is 55.4 Å². The lowest BCUT2D eigenvalue weighted by atomic mass is 10.00. The summed E-state index contributed by atoms with van der Waals surface area (Å²) in [7, 11) is 0. The van der Waals surface area contributed by atoms with Crippen LogP contribution in [0.2, 0.25) is 15.1 Å². The number of benzene rings is 3. The Hall–Kier alpha value is -1.71. The van der Waals surface area contributed by atoms with Crippen molar-refractivity contribution < 1.29 is 28.4 Å². The zero-order valence-electron chi connectivity index (χ0n) is 19.0. The molecule has 3 heterocycles. The van der Waals surface area contributed by atoms with Crippen LogP contribution in [0, 0.1) is 0 Å². The molecule has 3 aliphatic heterocycles. The Bertz CT molecular complexity index is 1120. The maximum atomic E-state index is 6.48. The fourth-order valence-corrected chi connectivity index (χ4v) is 5.40. The molecule has 0 aromatic heterocycles. The summed E-state index contributed by atoms with van der Waals surface area (Å²) in [5.41, 5.74) is 2.15. The van der Waals surface area contributed by atoms with Crippen LogP contribution in [0.15, 0.2) is 72.8 Å².